The standard InChI is InChI=1S/C30H45FN4O4/c1-30(2,3)27(32-28(37)24(19-35(39)20-36)16-21-6-4-5-7-21)29(38)33-14-11-26(12-15-33)34-13-10-22-17-25(31)9-8-23(22)18-34/h8-9,17,20-21,24,26-27,39H,4-7,10-16,18-19H2,1-3H3,(H,32,37)/t24-,27-/m1/s1. The maximum absolute atomic E-state index is 13.8. The van der Waals surface area contributed by atoms with Crippen molar-refractivity contribution in [3.05, 3.63) is 35.1 Å². The number of carbonyl (C=O) groups is 3. The number of hydroxylamine groups is 2. The van der Waals surface area contributed by atoms with Gasteiger partial charge in [0, 0.05) is 32.2 Å². The van der Waals surface area contributed by atoms with Gasteiger partial charge in [0.25, 0.3) is 0 Å². The zero-order valence-corrected chi connectivity index (χ0v) is 23.7. The van der Waals surface area contributed by atoms with Crippen molar-refractivity contribution < 1.29 is 24.0 Å². The zero-order chi connectivity index (χ0) is 28.2. The second-order valence-corrected chi connectivity index (χ2v) is 12.8. The average molecular weight is 545 g/mol. The van der Waals surface area contributed by atoms with Crippen LogP contribution in [0.4, 0.5) is 4.39 Å². The molecule has 39 heavy (non-hydrogen) atoms. The second-order valence-electron chi connectivity index (χ2n) is 12.8. The SMILES string of the molecule is CC(C)(C)[C@H](NC(=O)[C@H](CC1CCCC1)CN(O)C=O)C(=O)N1CCC(N2CCc3cc(F)ccc3C2)CC1. The Morgan fingerprint density at radius 2 is 1.82 bits per heavy atom. The van der Waals surface area contributed by atoms with Crippen LogP contribution in [0.3, 0.4) is 0 Å². The van der Waals surface area contributed by atoms with E-state index in [0.717, 1.165) is 63.6 Å². The van der Waals surface area contributed by atoms with E-state index in [2.05, 4.69) is 10.2 Å². The van der Waals surface area contributed by atoms with Crippen LogP contribution in [0, 0.1) is 23.1 Å². The first-order valence-electron chi connectivity index (χ1n) is 14.6. The van der Waals surface area contributed by atoms with Crippen molar-refractivity contribution in [2.75, 3.05) is 26.2 Å². The van der Waals surface area contributed by atoms with Gasteiger partial charge in [0.05, 0.1) is 12.5 Å². The molecular formula is C30H45FN4O4. The molecule has 3 amide bonds. The third-order valence-electron chi connectivity index (χ3n) is 8.89. The molecule has 0 radical (unpaired) electrons. The third kappa shape index (κ3) is 7.57. The number of carbonyl (C=O) groups excluding carboxylic acids is 3. The van der Waals surface area contributed by atoms with Gasteiger partial charge in [-0.05, 0) is 60.3 Å². The molecule has 3 aliphatic rings. The van der Waals surface area contributed by atoms with Gasteiger partial charge in [0.1, 0.15) is 11.9 Å². The molecule has 9 heteroatoms. The van der Waals surface area contributed by atoms with E-state index in [4.69, 9.17) is 0 Å². The Labute approximate surface area is 231 Å². The van der Waals surface area contributed by atoms with Gasteiger partial charge < -0.3 is 10.2 Å². The molecule has 1 aliphatic carbocycles. The van der Waals surface area contributed by atoms with Gasteiger partial charge in [-0.2, -0.15) is 0 Å². The highest BCUT2D eigenvalue weighted by Crippen LogP contribution is 2.32. The van der Waals surface area contributed by atoms with Gasteiger partial charge in [0.2, 0.25) is 18.2 Å². The van der Waals surface area contributed by atoms with Crippen molar-refractivity contribution in [1.82, 2.24) is 20.2 Å². The van der Waals surface area contributed by atoms with Gasteiger partial charge in [-0.1, -0.05) is 52.5 Å². The number of fused-ring (bicyclic) bond motifs is 1. The van der Waals surface area contributed by atoms with E-state index < -0.39 is 17.4 Å². The Morgan fingerprint density at radius 3 is 2.46 bits per heavy atom. The summed E-state index contributed by atoms with van der Waals surface area (Å²) in [6.45, 7) is 8.72. The summed E-state index contributed by atoms with van der Waals surface area (Å²) in [6, 6.07) is 4.72. The first-order valence-corrected chi connectivity index (χ1v) is 14.6. The van der Waals surface area contributed by atoms with Crippen LogP contribution >= 0.6 is 0 Å². The van der Waals surface area contributed by atoms with Crippen LogP contribution in [-0.4, -0.2) is 76.6 Å². The number of amides is 3. The second kappa shape index (κ2) is 12.8. The van der Waals surface area contributed by atoms with Gasteiger partial charge in [-0.25, -0.2) is 9.45 Å². The predicted octanol–water partition coefficient (Wildman–Crippen LogP) is 3.75. The molecule has 4 rings (SSSR count). The molecule has 1 saturated carbocycles. The molecule has 1 saturated heterocycles. The van der Waals surface area contributed by atoms with Crippen LogP contribution in [0.25, 0.3) is 0 Å². The van der Waals surface area contributed by atoms with E-state index in [-0.39, 0.29) is 24.2 Å². The highest BCUT2D eigenvalue weighted by molar-refractivity contribution is 5.89. The van der Waals surface area contributed by atoms with Gasteiger partial charge >= 0.3 is 0 Å². The molecule has 1 aromatic carbocycles. The van der Waals surface area contributed by atoms with Gasteiger partial charge in [-0.3, -0.25) is 24.5 Å². The number of piperidine rings is 1. The van der Waals surface area contributed by atoms with E-state index in [1.165, 1.54) is 11.6 Å². The summed E-state index contributed by atoms with van der Waals surface area (Å²) >= 11 is 0. The largest absolute Gasteiger partial charge is 0.344 e. The lowest BCUT2D eigenvalue weighted by molar-refractivity contribution is -0.156. The molecule has 0 bridgehead atoms. The fourth-order valence-corrected chi connectivity index (χ4v) is 6.58. The fraction of sp³-hybridized carbons (Fsp3) is 0.700. The number of halogens is 1. The lowest BCUT2D eigenvalue weighted by Gasteiger charge is -2.42. The molecular weight excluding hydrogens is 499 g/mol. The normalized spacial score (nSPS) is 20.8. The summed E-state index contributed by atoms with van der Waals surface area (Å²) in [6.07, 6.45) is 7.84. The molecule has 0 unspecified atom stereocenters. The number of hydrogen-bond acceptors (Lipinski definition) is 5. The molecule has 216 valence electrons. The average Bonchev–Trinajstić information content (AvgIpc) is 3.43. The highest BCUT2D eigenvalue weighted by atomic mass is 19.1. The lowest BCUT2D eigenvalue weighted by atomic mass is 9.84. The van der Waals surface area contributed by atoms with Crippen LogP contribution < -0.4 is 5.32 Å². The summed E-state index contributed by atoms with van der Waals surface area (Å²) in [7, 11) is 0. The zero-order valence-electron chi connectivity index (χ0n) is 23.7. The number of benzene rings is 1. The molecule has 2 fully saturated rings. The number of hydrogen-bond donors (Lipinski definition) is 2. The lowest BCUT2D eigenvalue weighted by Crippen LogP contribution is -2.58. The van der Waals surface area contributed by atoms with E-state index in [1.54, 1.807) is 6.07 Å². The topological polar surface area (TPSA) is 93.2 Å². The Balaban J connectivity index is 1.36. The quantitative estimate of drug-likeness (QED) is 0.281. The maximum atomic E-state index is 13.8. The predicted molar refractivity (Wildman–Crippen MR) is 146 cm³/mol. The Bertz CT molecular complexity index is 1010. The minimum absolute atomic E-state index is 0.0755. The summed E-state index contributed by atoms with van der Waals surface area (Å²) in [5.74, 6) is -0.720. The summed E-state index contributed by atoms with van der Waals surface area (Å²) < 4.78 is 13.6. The minimum atomic E-state index is -0.701. The first-order chi connectivity index (χ1) is 18.5. The smallest absolute Gasteiger partial charge is 0.245 e. The van der Waals surface area contributed by atoms with E-state index in [9.17, 15) is 24.0 Å². The first kappa shape index (κ1) is 29.5. The van der Waals surface area contributed by atoms with E-state index in [0.29, 0.717) is 42.9 Å². The van der Waals surface area contributed by atoms with E-state index >= 15 is 0 Å². The molecule has 2 heterocycles. The summed E-state index contributed by atoms with van der Waals surface area (Å²) in [5.41, 5.74) is 1.77. The van der Waals surface area contributed by atoms with Crippen molar-refractivity contribution >= 4 is 18.2 Å². The monoisotopic (exact) mass is 544 g/mol. The maximum Gasteiger partial charge on any atom is 0.245 e. The molecule has 2 aliphatic heterocycles. The van der Waals surface area contributed by atoms with Crippen molar-refractivity contribution in [2.45, 2.75) is 90.8 Å². The Hall–Kier alpha value is -2.52. The summed E-state index contributed by atoms with van der Waals surface area (Å²) in [4.78, 5) is 42.6. The molecule has 2 atom stereocenters. The van der Waals surface area contributed by atoms with E-state index in [1.807, 2.05) is 31.7 Å². The number of nitrogens with one attached hydrogen (secondary N) is 1. The van der Waals surface area contributed by atoms with Crippen LogP contribution in [0.15, 0.2) is 18.2 Å². The van der Waals surface area contributed by atoms with Crippen molar-refractivity contribution in [2.24, 2.45) is 17.3 Å². The van der Waals surface area contributed by atoms with Gasteiger partial charge in [-0.15, -0.1) is 0 Å². The van der Waals surface area contributed by atoms with Crippen LogP contribution in [0.5, 0.6) is 0 Å². The summed E-state index contributed by atoms with van der Waals surface area (Å²) in [5, 5.41) is 13.4. The molecule has 0 aromatic heterocycles. The van der Waals surface area contributed by atoms with Crippen LogP contribution in [0.1, 0.15) is 76.8 Å². The Morgan fingerprint density at radius 1 is 1.13 bits per heavy atom. The number of nitrogens with zero attached hydrogens (tertiary/aromatic N) is 3. The fourth-order valence-electron chi connectivity index (χ4n) is 6.58. The highest BCUT2D eigenvalue weighted by Gasteiger charge is 2.39. The third-order valence-corrected chi connectivity index (χ3v) is 8.89. The molecule has 0 spiro atoms. The van der Waals surface area contributed by atoms with Crippen molar-refractivity contribution in [3.63, 3.8) is 0 Å². The number of rotatable bonds is 9. The van der Waals surface area contributed by atoms with Gasteiger partial charge in [0.15, 0.2) is 0 Å². The molecule has 8 nitrogen and oxygen atoms in total. The Kier molecular flexibility index (Phi) is 9.64. The molecule has 2 N–H and O–H groups in total. The van der Waals surface area contributed by atoms with Crippen LogP contribution in [0.2, 0.25) is 0 Å². The van der Waals surface area contributed by atoms with Crippen molar-refractivity contribution in [3.8, 4) is 0 Å². The molecule has 1 aromatic rings. The van der Waals surface area contributed by atoms with Crippen molar-refractivity contribution in [1.29, 1.82) is 0 Å². The minimum Gasteiger partial charge on any atom is -0.344 e. The number of likely N-dealkylation sites (tertiary alicyclic amines) is 1. The van der Waals surface area contributed by atoms with Crippen LogP contribution in [-0.2, 0) is 27.3 Å².